The summed E-state index contributed by atoms with van der Waals surface area (Å²) in [5, 5.41) is 8.03. The van der Waals surface area contributed by atoms with Crippen LogP contribution in [0.1, 0.15) is 26.2 Å². The molecule has 1 saturated carbocycles. The van der Waals surface area contributed by atoms with Crippen molar-refractivity contribution in [2.75, 3.05) is 39.4 Å². The molecule has 0 unspecified atom stereocenters. The van der Waals surface area contributed by atoms with E-state index >= 15 is 0 Å². The Bertz CT molecular complexity index is 619. The number of hydrogen-bond acceptors (Lipinski definition) is 5. The van der Waals surface area contributed by atoms with Crippen molar-refractivity contribution in [2.24, 2.45) is 10.9 Å². The van der Waals surface area contributed by atoms with Gasteiger partial charge in [0.25, 0.3) is 0 Å². The second kappa shape index (κ2) is 12.9. The molecule has 1 aromatic heterocycles. The highest BCUT2D eigenvalue weighted by molar-refractivity contribution is 14.0. The normalized spacial score (nSPS) is 14.7. The number of nitrogens with one attached hydrogen (secondary N) is 3. The van der Waals surface area contributed by atoms with Crippen molar-refractivity contribution in [3.8, 4) is 0 Å². The molecule has 150 valence electrons. The van der Waals surface area contributed by atoms with Gasteiger partial charge in [0.15, 0.2) is 5.96 Å². The molecule has 0 saturated heterocycles. The van der Waals surface area contributed by atoms with E-state index in [9.17, 15) is 8.42 Å². The smallest absolute Gasteiger partial charge is 0.250 e. The zero-order valence-electron chi connectivity index (χ0n) is 15.1. The molecule has 1 aromatic rings. The van der Waals surface area contributed by atoms with E-state index in [0.717, 1.165) is 32.1 Å². The number of rotatable bonds is 12. The summed E-state index contributed by atoms with van der Waals surface area (Å²) in [5.74, 6) is 1.49. The molecule has 10 heteroatoms. The van der Waals surface area contributed by atoms with Crippen LogP contribution < -0.4 is 15.4 Å². The zero-order valence-corrected chi connectivity index (χ0v) is 19.0. The molecule has 1 fully saturated rings. The van der Waals surface area contributed by atoms with Crippen LogP contribution in [0.3, 0.4) is 0 Å². The standard InChI is InChI=1S/C16H28N4O3S2.HI/c1-2-17-16(18-8-4-11-23-13-14-6-7-14)19-9-10-20-25(21,22)15-5-3-12-24-15;/h3,5,12,14,20H,2,4,6-11,13H2,1H3,(H2,17,18,19);1H. The van der Waals surface area contributed by atoms with E-state index in [2.05, 4.69) is 20.3 Å². The number of halogens is 1. The maximum absolute atomic E-state index is 12.0. The van der Waals surface area contributed by atoms with Gasteiger partial charge in [0.2, 0.25) is 10.0 Å². The monoisotopic (exact) mass is 516 g/mol. The third-order valence-electron chi connectivity index (χ3n) is 3.58. The predicted octanol–water partition coefficient (Wildman–Crippen LogP) is 2.02. The SMILES string of the molecule is CCNC(=NCCCOCC1CC1)NCCNS(=O)(=O)c1cccs1.I. The Hall–Kier alpha value is -0.430. The average Bonchev–Trinajstić information content (AvgIpc) is 3.23. The molecule has 0 amide bonds. The van der Waals surface area contributed by atoms with Gasteiger partial charge in [0.1, 0.15) is 4.21 Å². The lowest BCUT2D eigenvalue weighted by atomic mass is 10.4. The summed E-state index contributed by atoms with van der Waals surface area (Å²) in [6, 6.07) is 3.32. The van der Waals surface area contributed by atoms with Crippen LogP contribution >= 0.6 is 35.3 Å². The van der Waals surface area contributed by atoms with Crippen LogP contribution in [-0.4, -0.2) is 53.8 Å². The molecule has 0 spiro atoms. The van der Waals surface area contributed by atoms with Gasteiger partial charge in [-0.2, -0.15) is 0 Å². The Labute approximate surface area is 177 Å². The highest BCUT2D eigenvalue weighted by Gasteiger charge is 2.20. The molecule has 0 bridgehead atoms. The summed E-state index contributed by atoms with van der Waals surface area (Å²) in [4.78, 5) is 4.47. The first-order valence-electron chi connectivity index (χ1n) is 8.75. The minimum absolute atomic E-state index is 0. The van der Waals surface area contributed by atoms with Crippen molar-refractivity contribution in [3.05, 3.63) is 17.5 Å². The van der Waals surface area contributed by atoms with Crippen molar-refractivity contribution in [3.63, 3.8) is 0 Å². The Morgan fingerprint density at radius 1 is 1.35 bits per heavy atom. The fraction of sp³-hybridized carbons (Fsp3) is 0.688. The van der Waals surface area contributed by atoms with E-state index in [1.165, 1.54) is 24.2 Å². The van der Waals surface area contributed by atoms with Gasteiger partial charge in [-0.1, -0.05) is 6.07 Å². The number of hydrogen-bond donors (Lipinski definition) is 3. The van der Waals surface area contributed by atoms with Crippen LogP contribution in [0.15, 0.2) is 26.7 Å². The maximum Gasteiger partial charge on any atom is 0.250 e. The van der Waals surface area contributed by atoms with Crippen molar-refractivity contribution in [1.82, 2.24) is 15.4 Å². The quantitative estimate of drug-likeness (QED) is 0.171. The number of thiophene rings is 1. The summed E-state index contributed by atoms with van der Waals surface area (Å²) >= 11 is 1.21. The largest absolute Gasteiger partial charge is 0.381 e. The Kier molecular flexibility index (Phi) is 11.7. The zero-order chi connectivity index (χ0) is 18.0. The highest BCUT2D eigenvalue weighted by atomic mass is 127. The highest BCUT2D eigenvalue weighted by Crippen LogP contribution is 2.28. The average molecular weight is 516 g/mol. The fourth-order valence-corrected chi connectivity index (χ4v) is 4.16. The lowest BCUT2D eigenvalue weighted by molar-refractivity contribution is 0.123. The van der Waals surface area contributed by atoms with Crippen LogP contribution in [-0.2, 0) is 14.8 Å². The minimum atomic E-state index is -3.40. The lowest BCUT2D eigenvalue weighted by Gasteiger charge is -2.11. The van der Waals surface area contributed by atoms with Gasteiger partial charge in [-0.3, -0.25) is 4.99 Å². The molecule has 0 aliphatic heterocycles. The minimum Gasteiger partial charge on any atom is -0.381 e. The second-order valence-electron chi connectivity index (χ2n) is 5.89. The molecule has 1 aliphatic carbocycles. The van der Waals surface area contributed by atoms with Gasteiger partial charge in [-0.15, -0.1) is 35.3 Å². The third kappa shape index (κ3) is 9.49. The Morgan fingerprint density at radius 2 is 2.15 bits per heavy atom. The molecule has 0 aromatic carbocycles. The van der Waals surface area contributed by atoms with E-state index in [0.29, 0.717) is 29.8 Å². The molecule has 0 radical (unpaired) electrons. The van der Waals surface area contributed by atoms with Gasteiger partial charge in [-0.05, 0) is 43.6 Å². The van der Waals surface area contributed by atoms with Crippen molar-refractivity contribution in [2.45, 2.75) is 30.4 Å². The summed E-state index contributed by atoms with van der Waals surface area (Å²) in [6.45, 7) is 5.82. The van der Waals surface area contributed by atoms with Crippen LogP contribution in [0, 0.1) is 5.92 Å². The fourth-order valence-electron chi connectivity index (χ4n) is 2.09. The van der Waals surface area contributed by atoms with Crippen LogP contribution in [0.2, 0.25) is 0 Å². The van der Waals surface area contributed by atoms with E-state index < -0.39 is 10.0 Å². The van der Waals surface area contributed by atoms with Gasteiger partial charge < -0.3 is 15.4 Å². The van der Waals surface area contributed by atoms with Crippen molar-refractivity contribution >= 4 is 51.3 Å². The number of guanidine groups is 1. The molecular formula is C16H29IN4O3S2. The number of ether oxygens (including phenoxy) is 1. The number of nitrogens with zero attached hydrogens (tertiary/aromatic N) is 1. The van der Waals surface area contributed by atoms with Gasteiger partial charge in [-0.25, -0.2) is 13.1 Å². The van der Waals surface area contributed by atoms with E-state index in [4.69, 9.17) is 4.74 Å². The van der Waals surface area contributed by atoms with Crippen LogP contribution in [0.4, 0.5) is 0 Å². The summed E-state index contributed by atoms with van der Waals surface area (Å²) in [7, 11) is -3.40. The first-order chi connectivity index (χ1) is 12.1. The second-order valence-corrected chi connectivity index (χ2v) is 8.83. The number of aliphatic imine (C=N–C) groups is 1. The van der Waals surface area contributed by atoms with Gasteiger partial charge in [0.05, 0.1) is 0 Å². The van der Waals surface area contributed by atoms with E-state index in [1.807, 2.05) is 6.92 Å². The molecule has 7 nitrogen and oxygen atoms in total. The topological polar surface area (TPSA) is 91.8 Å². The first-order valence-corrected chi connectivity index (χ1v) is 11.1. The summed E-state index contributed by atoms with van der Waals surface area (Å²) < 4.78 is 32.5. The van der Waals surface area contributed by atoms with Crippen LogP contribution in [0.25, 0.3) is 0 Å². The Morgan fingerprint density at radius 3 is 2.81 bits per heavy atom. The van der Waals surface area contributed by atoms with E-state index in [-0.39, 0.29) is 24.0 Å². The number of sulfonamides is 1. The molecule has 0 atom stereocenters. The van der Waals surface area contributed by atoms with Crippen LogP contribution in [0.5, 0.6) is 0 Å². The predicted molar refractivity (Wildman–Crippen MR) is 117 cm³/mol. The first kappa shape index (κ1) is 23.6. The summed E-state index contributed by atoms with van der Waals surface area (Å²) in [6.07, 6.45) is 3.50. The van der Waals surface area contributed by atoms with Gasteiger partial charge in [0, 0.05) is 39.4 Å². The maximum atomic E-state index is 12.0. The Balaban J connectivity index is 0.00000338. The lowest BCUT2D eigenvalue weighted by Crippen LogP contribution is -2.41. The van der Waals surface area contributed by atoms with Gasteiger partial charge >= 0.3 is 0 Å². The molecular weight excluding hydrogens is 487 g/mol. The molecule has 2 rings (SSSR count). The van der Waals surface area contributed by atoms with E-state index in [1.54, 1.807) is 17.5 Å². The molecule has 26 heavy (non-hydrogen) atoms. The van der Waals surface area contributed by atoms with Crippen molar-refractivity contribution < 1.29 is 13.2 Å². The third-order valence-corrected chi connectivity index (χ3v) is 6.44. The molecule has 1 aliphatic rings. The molecule has 3 N–H and O–H groups in total. The summed E-state index contributed by atoms with van der Waals surface area (Å²) in [5.41, 5.74) is 0. The molecule has 1 heterocycles. The van der Waals surface area contributed by atoms with Crippen molar-refractivity contribution in [1.29, 1.82) is 0 Å².